The third-order valence-electron chi connectivity index (χ3n) is 4.25. The molecule has 0 heterocycles. The van der Waals surface area contributed by atoms with E-state index in [1.807, 2.05) is 30.3 Å². The largest absolute Gasteiger partial charge is 0.497 e. The molecule has 0 aliphatic heterocycles. The Morgan fingerprint density at radius 1 is 0.933 bits per heavy atom. The fourth-order valence-corrected chi connectivity index (χ4v) is 2.78. The van der Waals surface area contributed by atoms with Gasteiger partial charge in [0.15, 0.2) is 5.75 Å². The highest BCUT2D eigenvalue weighted by Gasteiger charge is 2.13. The molecule has 152 valence electrons. The minimum Gasteiger partial charge on any atom is -0.497 e. The van der Waals surface area contributed by atoms with E-state index in [4.69, 9.17) is 14.8 Å². The maximum atomic E-state index is 12.3. The molecule has 0 unspecified atom stereocenters. The fraction of sp³-hybridized carbons (Fsp3) is 0.0435. The van der Waals surface area contributed by atoms with Crippen molar-refractivity contribution in [1.82, 2.24) is 11.0 Å². The molecule has 0 aliphatic carbocycles. The lowest BCUT2D eigenvalue weighted by molar-refractivity contribution is -0.124. The van der Waals surface area contributed by atoms with Crippen LogP contribution < -0.4 is 20.5 Å². The van der Waals surface area contributed by atoms with Crippen molar-refractivity contribution in [2.24, 2.45) is 0 Å². The van der Waals surface area contributed by atoms with Crippen LogP contribution in [0, 0.1) is 0 Å². The molecule has 2 amide bonds. The lowest BCUT2D eigenvalue weighted by Crippen LogP contribution is -2.27. The summed E-state index contributed by atoms with van der Waals surface area (Å²) in [5, 5.41) is 8.70. The van der Waals surface area contributed by atoms with Crippen molar-refractivity contribution in [3.8, 4) is 22.6 Å². The summed E-state index contributed by atoms with van der Waals surface area (Å²) in [6, 6.07) is 21.2. The molecule has 0 aliphatic rings. The van der Waals surface area contributed by atoms with E-state index in [0.717, 1.165) is 5.56 Å². The summed E-state index contributed by atoms with van der Waals surface area (Å²) in [7, 11) is 1.55. The minimum atomic E-state index is -0.651. The van der Waals surface area contributed by atoms with E-state index in [9.17, 15) is 9.59 Å². The maximum absolute atomic E-state index is 12.3. The van der Waals surface area contributed by atoms with Gasteiger partial charge in [-0.25, -0.2) is 5.48 Å². The molecule has 0 spiro atoms. The van der Waals surface area contributed by atoms with Gasteiger partial charge < -0.3 is 9.57 Å². The van der Waals surface area contributed by atoms with Crippen LogP contribution in [0.2, 0.25) is 0 Å². The second-order valence-electron chi connectivity index (χ2n) is 6.16. The smallest absolute Gasteiger partial charge is 0.283 e. The van der Waals surface area contributed by atoms with Crippen molar-refractivity contribution in [1.29, 1.82) is 0 Å². The lowest BCUT2D eigenvalue weighted by atomic mass is 9.98. The average molecular weight is 404 g/mol. The molecule has 0 saturated heterocycles. The van der Waals surface area contributed by atoms with E-state index in [2.05, 4.69) is 5.48 Å². The summed E-state index contributed by atoms with van der Waals surface area (Å²) in [5.74, 6) is -0.0432. The zero-order valence-electron chi connectivity index (χ0n) is 16.2. The predicted octanol–water partition coefficient (Wildman–Crippen LogP) is 3.60. The van der Waals surface area contributed by atoms with Gasteiger partial charge in [-0.15, -0.1) is 0 Å². The number of nitrogens with one attached hydrogen (secondary N) is 2. The highest BCUT2D eigenvalue weighted by atomic mass is 16.7. The van der Waals surface area contributed by atoms with Crippen molar-refractivity contribution in [3.63, 3.8) is 0 Å². The molecular formula is C23H20N2O5. The summed E-state index contributed by atoms with van der Waals surface area (Å²) >= 11 is 0. The zero-order chi connectivity index (χ0) is 21.3. The third kappa shape index (κ3) is 5.03. The normalized spacial score (nSPS) is 10.5. The van der Waals surface area contributed by atoms with E-state index < -0.39 is 5.91 Å². The SMILES string of the molecule is COc1ccc(ONC(=O)c2ccccc2)c(-c2ccccc2/C=C/C(=O)NO)c1. The van der Waals surface area contributed by atoms with Gasteiger partial charge in [-0.3, -0.25) is 14.8 Å². The van der Waals surface area contributed by atoms with Gasteiger partial charge in [0.25, 0.3) is 11.8 Å². The Morgan fingerprint density at radius 3 is 2.40 bits per heavy atom. The first-order valence-corrected chi connectivity index (χ1v) is 9.04. The summed E-state index contributed by atoms with van der Waals surface area (Å²) < 4.78 is 5.32. The van der Waals surface area contributed by atoms with Crippen molar-refractivity contribution >= 4 is 17.9 Å². The van der Waals surface area contributed by atoms with Crippen LogP contribution in [-0.4, -0.2) is 24.1 Å². The average Bonchev–Trinajstić information content (AvgIpc) is 2.81. The number of amides is 2. The highest BCUT2D eigenvalue weighted by molar-refractivity contribution is 5.94. The van der Waals surface area contributed by atoms with Gasteiger partial charge >= 0.3 is 0 Å². The van der Waals surface area contributed by atoms with Crippen LogP contribution in [0.5, 0.6) is 11.5 Å². The van der Waals surface area contributed by atoms with Crippen molar-refractivity contribution in [2.75, 3.05) is 7.11 Å². The monoisotopic (exact) mass is 404 g/mol. The summed E-state index contributed by atoms with van der Waals surface area (Å²) in [4.78, 5) is 29.3. The van der Waals surface area contributed by atoms with Gasteiger partial charge in [0.2, 0.25) is 0 Å². The third-order valence-corrected chi connectivity index (χ3v) is 4.25. The molecule has 30 heavy (non-hydrogen) atoms. The number of rotatable bonds is 7. The molecule has 0 fully saturated rings. The molecular weight excluding hydrogens is 384 g/mol. The molecule has 0 atom stereocenters. The summed E-state index contributed by atoms with van der Waals surface area (Å²) in [6.07, 6.45) is 2.77. The first kappa shape index (κ1) is 20.6. The quantitative estimate of drug-likeness (QED) is 0.318. The van der Waals surface area contributed by atoms with E-state index in [1.54, 1.807) is 61.1 Å². The highest BCUT2D eigenvalue weighted by Crippen LogP contribution is 2.35. The Hall–Kier alpha value is -4.10. The minimum absolute atomic E-state index is 0.384. The van der Waals surface area contributed by atoms with Gasteiger partial charge in [-0.1, -0.05) is 42.5 Å². The number of hydrogen-bond donors (Lipinski definition) is 3. The zero-order valence-corrected chi connectivity index (χ0v) is 16.2. The van der Waals surface area contributed by atoms with Gasteiger partial charge in [0.05, 0.1) is 7.11 Å². The Kier molecular flexibility index (Phi) is 6.81. The van der Waals surface area contributed by atoms with E-state index in [0.29, 0.717) is 28.2 Å². The number of hydrogen-bond acceptors (Lipinski definition) is 5. The van der Waals surface area contributed by atoms with E-state index in [1.165, 1.54) is 6.08 Å². The van der Waals surface area contributed by atoms with Crippen LogP contribution in [-0.2, 0) is 4.79 Å². The molecule has 3 rings (SSSR count). The Labute approximate surface area is 173 Å². The maximum Gasteiger partial charge on any atom is 0.283 e. The number of carbonyl (C=O) groups excluding carboxylic acids is 2. The van der Waals surface area contributed by atoms with Gasteiger partial charge in [-0.2, -0.15) is 5.48 Å². The fourth-order valence-electron chi connectivity index (χ4n) is 2.78. The molecule has 3 aromatic carbocycles. The summed E-state index contributed by atoms with van der Waals surface area (Å²) in [6.45, 7) is 0. The predicted molar refractivity (Wildman–Crippen MR) is 112 cm³/mol. The van der Waals surface area contributed by atoms with E-state index >= 15 is 0 Å². The van der Waals surface area contributed by atoms with Crippen LogP contribution in [0.4, 0.5) is 0 Å². The van der Waals surface area contributed by atoms with Crippen LogP contribution in [0.3, 0.4) is 0 Å². The first-order chi connectivity index (χ1) is 14.6. The van der Waals surface area contributed by atoms with Crippen molar-refractivity contribution in [3.05, 3.63) is 90.0 Å². The van der Waals surface area contributed by atoms with E-state index in [-0.39, 0.29) is 5.91 Å². The second kappa shape index (κ2) is 9.90. The number of methoxy groups -OCH3 is 1. The second-order valence-corrected chi connectivity index (χ2v) is 6.16. The first-order valence-electron chi connectivity index (χ1n) is 9.04. The molecule has 3 aromatic rings. The van der Waals surface area contributed by atoms with Crippen LogP contribution >= 0.6 is 0 Å². The molecule has 0 bridgehead atoms. The number of ether oxygens (including phenoxy) is 1. The van der Waals surface area contributed by atoms with Crippen molar-refractivity contribution < 1.29 is 24.4 Å². The Balaban J connectivity index is 1.94. The molecule has 7 heteroatoms. The topological polar surface area (TPSA) is 96.9 Å². The Morgan fingerprint density at radius 2 is 1.67 bits per heavy atom. The van der Waals surface area contributed by atoms with Gasteiger partial charge in [0.1, 0.15) is 5.75 Å². The molecule has 0 aromatic heterocycles. The van der Waals surface area contributed by atoms with Crippen LogP contribution in [0.1, 0.15) is 15.9 Å². The molecule has 0 saturated carbocycles. The summed E-state index contributed by atoms with van der Waals surface area (Å²) in [5.41, 5.74) is 6.55. The van der Waals surface area contributed by atoms with Crippen LogP contribution in [0.25, 0.3) is 17.2 Å². The van der Waals surface area contributed by atoms with Crippen molar-refractivity contribution in [2.45, 2.75) is 0 Å². The van der Waals surface area contributed by atoms with Crippen LogP contribution in [0.15, 0.2) is 78.9 Å². The van der Waals surface area contributed by atoms with Gasteiger partial charge in [-0.05, 0) is 47.5 Å². The molecule has 0 radical (unpaired) electrons. The standard InChI is InChI=1S/C23H20N2O5/c1-29-18-12-13-21(30-25-23(27)17-8-3-2-4-9-17)20(15-18)19-10-6-5-7-16(19)11-14-22(26)24-28/h2-15,28H,1H3,(H,24,26)(H,25,27)/b14-11+. The number of benzene rings is 3. The Bertz CT molecular complexity index is 1060. The molecule has 7 nitrogen and oxygen atoms in total. The number of hydroxylamine groups is 2. The van der Waals surface area contributed by atoms with Gasteiger partial charge in [0, 0.05) is 17.2 Å². The lowest BCUT2D eigenvalue weighted by Gasteiger charge is -2.15. The number of carbonyl (C=O) groups is 2. The molecule has 3 N–H and O–H groups in total.